The van der Waals surface area contributed by atoms with Crippen molar-refractivity contribution < 1.29 is 57.5 Å². The zero-order valence-electron chi connectivity index (χ0n) is 57.6. The Morgan fingerprint density at radius 2 is 0.745 bits per heavy atom. The van der Waals surface area contributed by atoms with Crippen molar-refractivity contribution in [2.45, 2.75) is 162 Å². The van der Waals surface area contributed by atoms with Crippen molar-refractivity contribution in [2.75, 3.05) is 101 Å². The van der Waals surface area contributed by atoms with Crippen LogP contribution in [0.2, 0.25) is 0 Å². The minimum absolute atomic E-state index is 0.116. The quantitative estimate of drug-likeness (QED) is 0.0262. The lowest BCUT2D eigenvalue weighted by atomic mass is 10.1. The number of unbranched alkanes of at least 4 members (excludes halogenated alkanes) is 3. The molecule has 4 rings (SSSR count). The number of hydrogen-bond acceptors (Lipinski definition) is 17. The van der Waals surface area contributed by atoms with Gasteiger partial charge in [0, 0.05) is 64.1 Å². The van der Waals surface area contributed by atoms with E-state index in [0.717, 1.165) is 32.2 Å². The van der Waals surface area contributed by atoms with Crippen LogP contribution in [0.25, 0.3) is 0 Å². The van der Waals surface area contributed by atoms with Gasteiger partial charge in [0.1, 0.15) is 28.8 Å². The van der Waals surface area contributed by atoms with Gasteiger partial charge in [-0.3, -0.25) is 57.5 Å². The maximum atomic E-state index is 13.8. The predicted molar refractivity (Wildman–Crippen MR) is 372 cm³/mol. The van der Waals surface area contributed by atoms with Gasteiger partial charge in [-0.25, -0.2) is 0 Å². The smallest absolute Gasteiger partial charge is 0.272 e. The highest BCUT2D eigenvalue weighted by atomic mass is 16.2. The highest BCUT2D eigenvalue weighted by Crippen LogP contribution is 2.22. The van der Waals surface area contributed by atoms with Gasteiger partial charge in [0.15, 0.2) is 0 Å². The second-order valence-electron chi connectivity index (χ2n) is 24.0. The van der Waals surface area contributed by atoms with Crippen LogP contribution in [-0.4, -0.2) is 192 Å². The third-order valence-corrected chi connectivity index (χ3v) is 15.2. The molecule has 0 saturated carbocycles. The number of nitrogens with zero attached hydrogens (tertiary/aromatic N) is 5. The van der Waals surface area contributed by atoms with Gasteiger partial charge in [0.2, 0.25) is 47.3 Å². The molecule has 0 spiro atoms. The summed E-state index contributed by atoms with van der Waals surface area (Å²) in [5, 5.41) is 31.7. The first-order chi connectivity index (χ1) is 46.9. The lowest BCUT2D eigenvalue weighted by Gasteiger charge is -2.21. The molecule has 4 aromatic heterocycles. The summed E-state index contributed by atoms with van der Waals surface area (Å²) in [4.78, 5) is 159. The summed E-state index contributed by atoms with van der Waals surface area (Å²) in [6.07, 6.45) is 14.4. The first-order valence-corrected chi connectivity index (χ1v) is 33.8. The van der Waals surface area contributed by atoms with E-state index in [-0.39, 0.29) is 53.2 Å². The van der Waals surface area contributed by atoms with Crippen LogP contribution >= 0.6 is 0 Å². The lowest BCUT2D eigenvalue weighted by molar-refractivity contribution is -0.131. The van der Waals surface area contributed by atoms with Gasteiger partial charge in [-0.15, -0.1) is 0 Å². The van der Waals surface area contributed by atoms with Crippen molar-refractivity contribution in [3.8, 4) is 0 Å². The van der Waals surface area contributed by atoms with E-state index >= 15 is 0 Å². The van der Waals surface area contributed by atoms with Crippen molar-refractivity contribution in [1.29, 1.82) is 0 Å². The first kappa shape index (κ1) is 81.0. The molecule has 4 heterocycles. The Bertz CT molecular complexity index is 3290. The van der Waals surface area contributed by atoms with Crippen molar-refractivity contribution in [3.05, 3.63) is 71.8 Å². The number of aromatic nitrogens is 4. The van der Waals surface area contributed by atoms with E-state index in [9.17, 15) is 57.5 Å². The summed E-state index contributed by atoms with van der Waals surface area (Å²) in [6, 6.07) is 3.36. The molecule has 0 aliphatic carbocycles. The monoisotopic (exact) mass is 1370 g/mol. The summed E-state index contributed by atoms with van der Waals surface area (Å²) < 4.78 is 6.70. The molecule has 98 heavy (non-hydrogen) atoms. The van der Waals surface area contributed by atoms with Crippen molar-refractivity contribution in [3.63, 3.8) is 0 Å². The molecule has 542 valence electrons. The largest absolute Gasteiger partial charge is 0.355 e. The van der Waals surface area contributed by atoms with Crippen LogP contribution in [0.3, 0.4) is 0 Å². The minimum atomic E-state index is -1.07. The topological polar surface area (TPSA) is 476 Å². The molecule has 0 bridgehead atoms. The van der Waals surface area contributed by atoms with Crippen molar-refractivity contribution in [2.24, 2.45) is 22.9 Å². The number of anilines is 4. The zero-order valence-corrected chi connectivity index (χ0v) is 57.6. The molecule has 33 nitrogen and oxygen atoms in total. The Labute approximate surface area is 572 Å². The summed E-state index contributed by atoms with van der Waals surface area (Å²) in [7, 11) is 3.92. The third kappa shape index (κ3) is 28.7. The fraction of sp³-hybridized carbons (Fsp3) is 0.569. The Morgan fingerprint density at radius 1 is 0.388 bits per heavy atom. The second kappa shape index (κ2) is 43.7. The number of carbonyl (C=O) groups is 12. The molecular weight excluding hydrogens is 1270 g/mol. The summed E-state index contributed by atoms with van der Waals surface area (Å²) >= 11 is 0. The standard InChI is InChI=1S/C65H105N21O12/c1-7-25-83-41-45(32-50(83)62(95)71-24-17-29-82(5)6)79-64(97)52-30-43(39-85(52)27-9-3)77-57(90)37-73-54(87)34-72-56(89)36-76-63(96)51-33-46(42-84(51)26-8-2)80-65(98)53-31-44(40-86(53)28-10-4)78-58(91)38-74-55(88)35-75-61(94)49(81-60(93)48(69)19-12-15-22-67)20-13-16-23-70-59(92)47(68)18-11-14-21-66/h30-33,39-42,47-49H,7-29,34-38,66-69H2,1-6H3,(H,70,92)(H,71,95)(H,72,89)(H,73,87)(H,74,88)(H,75,94)(H,76,96)(H,77,90)(H,78,91)(H,79,97)(H,80,98)(H,81,93). The minimum Gasteiger partial charge on any atom is -0.355 e. The van der Waals surface area contributed by atoms with Crippen LogP contribution in [-0.2, 0) is 64.5 Å². The number of rotatable bonds is 47. The van der Waals surface area contributed by atoms with Crippen LogP contribution in [0.4, 0.5) is 22.7 Å². The summed E-state index contributed by atoms with van der Waals surface area (Å²) in [6.45, 7) is 9.42. The average Bonchev–Trinajstić information content (AvgIpc) is 1.70. The van der Waals surface area contributed by atoms with Gasteiger partial charge in [0.05, 0.1) is 67.6 Å². The van der Waals surface area contributed by atoms with Crippen molar-refractivity contribution in [1.82, 2.24) is 65.7 Å². The molecule has 0 radical (unpaired) electrons. The Balaban J connectivity index is 1.24. The molecule has 0 saturated heterocycles. The maximum absolute atomic E-state index is 13.8. The van der Waals surface area contributed by atoms with Gasteiger partial charge >= 0.3 is 0 Å². The number of nitrogens with one attached hydrogen (secondary N) is 12. The van der Waals surface area contributed by atoms with E-state index in [0.29, 0.717) is 121 Å². The van der Waals surface area contributed by atoms with Crippen LogP contribution in [0.15, 0.2) is 49.1 Å². The normalized spacial score (nSPS) is 11.9. The molecule has 0 fully saturated rings. The zero-order chi connectivity index (χ0) is 72.1. The second-order valence-corrected chi connectivity index (χ2v) is 24.0. The SMILES string of the molecule is CCCn1cc(NC(=O)c2cc(NC(=O)CNC(=O)CNC(=O)CNC(=O)c3cc(NC(=O)c4cc(NC(=O)CNC(=O)CNC(=O)C(CCCCNC(=O)C(N)CCCCN)NC(=O)C(N)CCCCN)cn4CCC)cn3CCC)cn2CCC)cc1C(=O)NCCCN(C)C. The molecule has 12 amide bonds. The summed E-state index contributed by atoms with van der Waals surface area (Å²) in [5.41, 5.74) is 25.3. The fourth-order valence-electron chi connectivity index (χ4n) is 10.2. The molecule has 3 unspecified atom stereocenters. The van der Waals surface area contributed by atoms with E-state index < -0.39 is 110 Å². The number of amides is 12. The maximum Gasteiger partial charge on any atom is 0.272 e. The number of carbonyl (C=O) groups excluding carboxylic acids is 12. The highest BCUT2D eigenvalue weighted by molar-refractivity contribution is 6.07. The number of hydrogen-bond donors (Lipinski definition) is 16. The molecule has 20 N–H and O–H groups in total. The van der Waals surface area contributed by atoms with Gasteiger partial charge in [0.25, 0.3) is 23.6 Å². The fourth-order valence-corrected chi connectivity index (χ4v) is 10.2. The van der Waals surface area contributed by atoms with Gasteiger partial charge in [-0.1, -0.05) is 40.5 Å². The molecule has 0 aliphatic heterocycles. The first-order valence-electron chi connectivity index (χ1n) is 33.8. The molecule has 33 heteroatoms. The number of aryl methyl sites for hydroxylation is 4. The van der Waals surface area contributed by atoms with Crippen LogP contribution in [0, 0.1) is 0 Å². The van der Waals surface area contributed by atoms with Crippen LogP contribution < -0.4 is 86.7 Å². The predicted octanol–water partition coefficient (Wildman–Crippen LogP) is 0.174. The molecule has 0 aliphatic rings. The summed E-state index contributed by atoms with van der Waals surface area (Å²) in [5.74, 6) is -6.85. The Hall–Kier alpha value is -9.44. The van der Waals surface area contributed by atoms with Gasteiger partial charge in [-0.2, -0.15) is 0 Å². The molecular formula is C65H105N21O12. The average molecular weight is 1370 g/mol. The van der Waals surface area contributed by atoms with Crippen LogP contribution in [0.5, 0.6) is 0 Å². The molecule has 0 aromatic carbocycles. The Kier molecular flexibility index (Phi) is 36.1. The van der Waals surface area contributed by atoms with Crippen LogP contribution in [0.1, 0.15) is 160 Å². The molecule has 4 aromatic rings. The van der Waals surface area contributed by atoms with E-state index in [1.165, 1.54) is 18.2 Å². The number of nitrogens with two attached hydrogens (primary N) is 4. The third-order valence-electron chi connectivity index (χ3n) is 15.2. The van der Waals surface area contributed by atoms with Gasteiger partial charge < -0.3 is 110 Å². The van der Waals surface area contributed by atoms with E-state index in [1.54, 1.807) is 49.1 Å². The lowest BCUT2D eigenvalue weighted by Crippen LogP contribution is -2.53. The Morgan fingerprint density at radius 3 is 1.16 bits per heavy atom. The van der Waals surface area contributed by atoms with E-state index in [4.69, 9.17) is 22.9 Å². The van der Waals surface area contributed by atoms with Crippen molar-refractivity contribution >= 4 is 93.6 Å². The van der Waals surface area contributed by atoms with E-state index in [1.807, 2.05) is 46.7 Å². The van der Waals surface area contributed by atoms with E-state index in [2.05, 4.69) is 63.8 Å². The van der Waals surface area contributed by atoms with Gasteiger partial charge in [-0.05, 0) is 135 Å². The molecule has 3 atom stereocenters. The highest BCUT2D eigenvalue weighted by Gasteiger charge is 2.26.